The quantitative estimate of drug-likeness (QED) is 0.880. The highest BCUT2D eigenvalue weighted by Crippen LogP contribution is 2.24. The Balaban J connectivity index is 2.14. The molecule has 4 nitrogen and oxygen atoms in total. The Morgan fingerprint density at radius 1 is 1.30 bits per heavy atom. The maximum Gasteiger partial charge on any atom is 0.0939 e. The molecule has 0 spiro atoms. The number of aliphatic hydroxyl groups is 1. The summed E-state index contributed by atoms with van der Waals surface area (Å²) in [5.74, 6) is 0. The Morgan fingerprint density at radius 2 is 2.05 bits per heavy atom. The minimum atomic E-state index is -0.943. The summed E-state index contributed by atoms with van der Waals surface area (Å²) in [6, 6.07) is 6.16. The van der Waals surface area contributed by atoms with Gasteiger partial charge in [0.2, 0.25) is 0 Å². The Bertz CT molecular complexity index is 530. The van der Waals surface area contributed by atoms with E-state index in [0.717, 1.165) is 24.1 Å². The van der Waals surface area contributed by atoms with Crippen molar-refractivity contribution in [2.45, 2.75) is 51.7 Å². The van der Waals surface area contributed by atoms with Gasteiger partial charge in [0, 0.05) is 30.6 Å². The predicted molar refractivity (Wildman–Crippen MR) is 79.4 cm³/mol. The maximum absolute atomic E-state index is 10.6. The van der Waals surface area contributed by atoms with E-state index in [4.69, 9.17) is 0 Å². The molecule has 20 heavy (non-hydrogen) atoms. The highest BCUT2D eigenvalue weighted by Gasteiger charge is 2.25. The second kappa shape index (κ2) is 6.18. The second-order valence-electron chi connectivity index (χ2n) is 5.45. The molecule has 0 amide bonds. The van der Waals surface area contributed by atoms with E-state index < -0.39 is 5.60 Å². The average molecular weight is 273 g/mol. The van der Waals surface area contributed by atoms with Crippen molar-refractivity contribution in [3.63, 3.8) is 0 Å². The first kappa shape index (κ1) is 14.7. The predicted octanol–water partition coefficient (Wildman–Crippen LogP) is 3.09. The molecule has 0 aromatic carbocycles. The Hall–Kier alpha value is -1.68. The third-order valence-electron chi connectivity index (χ3n) is 3.79. The Kier molecular flexibility index (Phi) is 4.55. The maximum atomic E-state index is 10.6. The van der Waals surface area contributed by atoms with Crippen molar-refractivity contribution in [3.05, 3.63) is 48.0 Å². The molecule has 0 aliphatic rings. The van der Waals surface area contributed by atoms with Gasteiger partial charge in [0.25, 0.3) is 0 Å². The van der Waals surface area contributed by atoms with Gasteiger partial charge in [0.1, 0.15) is 0 Å². The van der Waals surface area contributed by atoms with Crippen LogP contribution in [0.25, 0.3) is 0 Å². The summed E-state index contributed by atoms with van der Waals surface area (Å²) >= 11 is 0. The highest BCUT2D eigenvalue weighted by molar-refractivity contribution is 5.20. The third kappa shape index (κ3) is 3.25. The van der Waals surface area contributed by atoms with Gasteiger partial charge >= 0.3 is 0 Å². The summed E-state index contributed by atoms with van der Waals surface area (Å²) in [4.78, 5) is 4.07. The van der Waals surface area contributed by atoms with Crippen molar-refractivity contribution in [1.29, 1.82) is 0 Å². The summed E-state index contributed by atoms with van der Waals surface area (Å²) in [6.45, 7) is 6.14. The number of hydrogen-bond acceptors (Lipinski definition) is 3. The van der Waals surface area contributed by atoms with Gasteiger partial charge in [-0.2, -0.15) is 5.10 Å². The van der Waals surface area contributed by atoms with Gasteiger partial charge < -0.3 is 5.11 Å². The SMILES string of the molecule is CCC(CC)n1ccc(CC(C)(O)c2cccnc2)n1. The van der Waals surface area contributed by atoms with E-state index in [1.54, 1.807) is 19.3 Å². The van der Waals surface area contributed by atoms with Gasteiger partial charge in [-0.05, 0) is 31.9 Å². The van der Waals surface area contributed by atoms with Crippen LogP contribution in [0.1, 0.15) is 50.9 Å². The summed E-state index contributed by atoms with van der Waals surface area (Å²) in [6.07, 6.45) is 8.05. The number of hydrogen-bond donors (Lipinski definition) is 1. The summed E-state index contributed by atoms with van der Waals surface area (Å²) in [5.41, 5.74) is 0.782. The van der Waals surface area contributed by atoms with Crippen LogP contribution in [0, 0.1) is 0 Å². The van der Waals surface area contributed by atoms with Crippen LogP contribution in [-0.2, 0) is 12.0 Å². The molecular weight excluding hydrogens is 250 g/mol. The molecule has 0 bridgehead atoms. The van der Waals surface area contributed by atoms with Crippen LogP contribution < -0.4 is 0 Å². The van der Waals surface area contributed by atoms with Crippen LogP contribution >= 0.6 is 0 Å². The summed E-state index contributed by atoms with van der Waals surface area (Å²) in [5, 5.41) is 15.2. The second-order valence-corrected chi connectivity index (χ2v) is 5.45. The van der Waals surface area contributed by atoms with Crippen LogP contribution in [0.3, 0.4) is 0 Å². The molecule has 4 heteroatoms. The molecular formula is C16H23N3O. The van der Waals surface area contributed by atoms with E-state index in [2.05, 4.69) is 23.9 Å². The molecule has 2 rings (SSSR count). The van der Waals surface area contributed by atoms with Crippen molar-refractivity contribution < 1.29 is 5.11 Å². The molecule has 0 radical (unpaired) electrons. The van der Waals surface area contributed by atoms with Crippen LogP contribution in [0.4, 0.5) is 0 Å². The van der Waals surface area contributed by atoms with Crippen LogP contribution in [0.15, 0.2) is 36.8 Å². The number of rotatable bonds is 6. The smallest absolute Gasteiger partial charge is 0.0939 e. The van der Waals surface area contributed by atoms with Crippen molar-refractivity contribution in [2.24, 2.45) is 0 Å². The topological polar surface area (TPSA) is 50.9 Å². The van der Waals surface area contributed by atoms with Crippen molar-refractivity contribution in [3.8, 4) is 0 Å². The zero-order valence-electron chi connectivity index (χ0n) is 12.5. The van der Waals surface area contributed by atoms with E-state index in [1.807, 2.05) is 29.1 Å². The Labute approximate surface area is 120 Å². The van der Waals surface area contributed by atoms with Gasteiger partial charge in [-0.15, -0.1) is 0 Å². The summed E-state index contributed by atoms with van der Waals surface area (Å²) < 4.78 is 2.01. The van der Waals surface area contributed by atoms with Gasteiger partial charge in [-0.3, -0.25) is 9.67 Å². The fourth-order valence-corrected chi connectivity index (χ4v) is 2.47. The summed E-state index contributed by atoms with van der Waals surface area (Å²) in [7, 11) is 0. The van der Waals surface area contributed by atoms with E-state index >= 15 is 0 Å². The lowest BCUT2D eigenvalue weighted by molar-refractivity contribution is 0.0560. The lowest BCUT2D eigenvalue weighted by Gasteiger charge is -2.22. The monoisotopic (exact) mass is 273 g/mol. The number of pyridine rings is 1. The highest BCUT2D eigenvalue weighted by atomic mass is 16.3. The molecule has 0 aliphatic carbocycles. The van der Waals surface area contributed by atoms with Gasteiger partial charge in [0.05, 0.1) is 17.3 Å². The molecule has 0 aliphatic heterocycles. The van der Waals surface area contributed by atoms with E-state index in [9.17, 15) is 5.11 Å². The van der Waals surface area contributed by atoms with E-state index in [1.165, 1.54) is 0 Å². The van der Waals surface area contributed by atoms with E-state index in [0.29, 0.717) is 12.5 Å². The van der Waals surface area contributed by atoms with Crippen molar-refractivity contribution in [2.75, 3.05) is 0 Å². The fraction of sp³-hybridized carbons (Fsp3) is 0.500. The zero-order valence-corrected chi connectivity index (χ0v) is 12.5. The molecule has 0 fully saturated rings. The van der Waals surface area contributed by atoms with Crippen molar-refractivity contribution >= 4 is 0 Å². The van der Waals surface area contributed by atoms with Crippen LogP contribution in [0.5, 0.6) is 0 Å². The van der Waals surface area contributed by atoms with Gasteiger partial charge in [0.15, 0.2) is 0 Å². The molecule has 2 aromatic heterocycles. The average Bonchev–Trinajstić information content (AvgIpc) is 2.89. The normalized spacial score (nSPS) is 14.4. The lowest BCUT2D eigenvalue weighted by atomic mass is 9.92. The van der Waals surface area contributed by atoms with Crippen molar-refractivity contribution in [1.82, 2.24) is 14.8 Å². The molecule has 2 heterocycles. The van der Waals surface area contributed by atoms with E-state index in [-0.39, 0.29) is 0 Å². The fourth-order valence-electron chi connectivity index (χ4n) is 2.47. The first-order chi connectivity index (χ1) is 9.56. The Morgan fingerprint density at radius 3 is 2.65 bits per heavy atom. The molecule has 108 valence electrons. The molecule has 2 aromatic rings. The first-order valence-electron chi connectivity index (χ1n) is 7.23. The van der Waals surface area contributed by atoms with Crippen LogP contribution in [0.2, 0.25) is 0 Å². The molecule has 1 N–H and O–H groups in total. The number of nitrogens with zero attached hydrogens (tertiary/aromatic N) is 3. The van der Waals surface area contributed by atoms with Gasteiger partial charge in [-0.25, -0.2) is 0 Å². The minimum Gasteiger partial charge on any atom is -0.385 e. The molecule has 1 unspecified atom stereocenters. The van der Waals surface area contributed by atoms with Gasteiger partial charge in [-0.1, -0.05) is 19.9 Å². The standard InChI is InChI=1S/C16H23N3O/c1-4-15(5-2)19-10-8-14(18-19)11-16(3,20)13-7-6-9-17-12-13/h6-10,12,15,20H,4-5,11H2,1-3H3. The molecule has 0 saturated carbocycles. The lowest BCUT2D eigenvalue weighted by Crippen LogP contribution is -2.24. The first-order valence-corrected chi connectivity index (χ1v) is 7.23. The van der Waals surface area contributed by atoms with Crippen LogP contribution in [-0.4, -0.2) is 19.9 Å². The number of aromatic nitrogens is 3. The molecule has 1 atom stereocenters. The third-order valence-corrected chi connectivity index (χ3v) is 3.79. The molecule has 0 saturated heterocycles. The largest absolute Gasteiger partial charge is 0.385 e. The zero-order chi connectivity index (χ0) is 14.6. The minimum absolute atomic E-state index is 0.437.